The lowest BCUT2D eigenvalue weighted by molar-refractivity contribution is -0.145. The summed E-state index contributed by atoms with van der Waals surface area (Å²) in [4.78, 5) is 42.3. The molecular formula is C15H20N2O6. The topological polar surface area (TPSA) is 136 Å². The van der Waals surface area contributed by atoms with E-state index in [-0.39, 0.29) is 0 Å². The molecule has 1 aromatic rings. The van der Waals surface area contributed by atoms with E-state index < -0.39 is 36.4 Å². The van der Waals surface area contributed by atoms with E-state index in [1.54, 1.807) is 12.1 Å². The molecule has 0 aliphatic heterocycles. The third-order valence-electron chi connectivity index (χ3n) is 2.58. The number of nitrogens with two attached hydrogens (primary N) is 1. The Bertz CT molecular complexity index is 532. The van der Waals surface area contributed by atoms with Gasteiger partial charge in [0.2, 0.25) is 5.91 Å². The average Bonchev–Trinajstić information content (AvgIpc) is 2.54. The van der Waals surface area contributed by atoms with Gasteiger partial charge in [-0.3, -0.25) is 14.4 Å². The summed E-state index contributed by atoms with van der Waals surface area (Å²) in [6, 6.07) is 7.08. The average molecular weight is 324 g/mol. The Morgan fingerprint density at radius 3 is 2.26 bits per heavy atom. The molecule has 1 aromatic carbocycles. The second-order valence-corrected chi connectivity index (χ2v) is 4.49. The van der Waals surface area contributed by atoms with E-state index in [0.29, 0.717) is 0 Å². The third kappa shape index (κ3) is 8.99. The highest BCUT2D eigenvalue weighted by atomic mass is 16.5. The molecule has 8 nitrogen and oxygen atoms in total. The van der Waals surface area contributed by atoms with Crippen LogP contribution >= 0.6 is 0 Å². The summed E-state index contributed by atoms with van der Waals surface area (Å²) in [5.74, 6) is -2.50. The van der Waals surface area contributed by atoms with Crippen LogP contribution in [0, 0.1) is 0 Å². The van der Waals surface area contributed by atoms with Gasteiger partial charge in [-0.2, -0.15) is 0 Å². The summed E-state index contributed by atoms with van der Waals surface area (Å²) >= 11 is 0. The number of aliphatic carboxylic acids is 1. The summed E-state index contributed by atoms with van der Waals surface area (Å²) in [7, 11) is 1.18. The van der Waals surface area contributed by atoms with Crippen molar-refractivity contribution >= 4 is 24.1 Å². The van der Waals surface area contributed by atoms with Gasteiger partial charge < -0.3 is 20.9 Å². The number of carbonyl (C=O) groups is 4. The number of esters is 1. The van der Waals surface area contributed by atoms with Gasteiger partial charge in [0, 0.05) is 5.56 Å². The molecule has 0 saturated carbocycles. The van der Waals surface area contributed by atoms with Crippen molar-refractivity contribution in [3.63, 3.8) is 0 Å². The molecule has 0 unspecified atom stereocenters. The van der Waals surface area contributed by atoms with Crippen LogP contribution in [0.5, 0.6) is 0 Å². The molecule has 0 aromatic heterocycles. The number of nitrogens with one attached hydrogen (secondary N) is 1. The largest absolute Gasteiger partial charge is 0.481 e. The fourth-order valence-corrected chi connectivity index (χ4v) is 1.37. The molecule has 0 heterocycles. The molecule has 1 amide bonds. The van der Waals surface area contributed by atoms with Crippen LogP contribution in [-0.2, 0) is 19.1 Å². The predicted octanol–water partition coefficient (Wildman–Crippen LogP) is -0.0348. The van der Waals surface area contributed by atoms with Gasteiger partial charge in [0.15, 0.2) is 0 Å². The molecule has 0 spiro atoms. The van der Waals surface area contributed by atoms with Crippen molar-refractivity contribution in [3.05, 3.63) is 35.9 Å². The number of hydrogen-bond donors (Lipinski definition) is 3. The minimum Gasteiger partial charge on any atom is -0.481 e. The number of ether oxygens (including phenoxy) is 1. The first-order chi connectivity index (χ1) is 10.8. The Hall–Kier alpha value is -2.74. The molecule has 23 heavy (non-hydrogen) atoms. The zero-order valence-electron chi connectivity index (χ0n) is 12.9. The van der Waals surface area contributed by atoms with Crippen molar-refractivity contribution in [3.8, 4) is 0 Å². The highest BCUT2D eigenvalue weighted by molar-refractivity contribution is 5.89. The predicted molar refractivity (Wildman–Crippen MR) is 81.7 cm³/mol. The van der Waals surface area contributed by atoms with E-state index in [9.17, 15) is 19.2 Å². The fourth-order valence-electron chi connectivity index (χ4n) is 1.37. The van der Waals surface area contributed by atoms with Gasteiger partial charge in [0.25, 0.3) is 0 Å². The normalized spacial score (nSPS) is 12.0. The molecule has 2 atom stereocenters. The zero-order chi connectivity index (χ0) is 17.8. The Labute approximate surface area is 133 Å². The van der Waals surface area contributed by atoms with Crippen LogP contribution in [0.25, 0.3) is 0 Å². The summed E-state index contributed by atoms with van der Waals surface area (Å²) in [6.45, 7) is 1.41. The van der Waals surface area contributed by atoms with E-state index in [4.69, 9.17) is 10.8 Å². The third-order valence-corrected chi connectivity index (χ3v) is 2.58. The number of carboxylic acid groups (broad SMARTS) is 1. The second kappa shape index (κ2) is 10.9. The summed E-state index contributed by atoms with van der Waals surface area (Å²) < 4.78 is 4.36. The van der Waals surface area contributed by atoms with Crippen LogP contribution in [0.15, 0.2) is 30.3 Å². The van der Waals surface area contributed by atoms with Crippen LogP contribution in [0.4, 0.5) is 0 Å². The van der Waals surface area contributed by atoms with E-state index in [1.807, 2.05) is 18.2 Å². The van der Waals surface area contributed by atoms with Gasteiger partial charge in [-0.1, -0.05) is 30.3 Å². The van der Waals surface area contributed by atoms with Crippen molar-refractivity contribution in [2.45, 2.75) is 25.4 Å². The molecule has 8 heteroatoms. The van der Waals surface area contributed by atoms with Crippen LogP contribution < -0.4 is 11.1 Å². The van der Waals surface area contributed by atoms with E-state index in [2.05, 4.69) is 10.1 Å². The Morgan fingerprint density at radius 2 is 1.87 bits per heavy atom. The van der Waals surface area contributed by atoms with Crippen LogP contribution in [0.1, 0.15) is 23.7 Å². The number of hydrogen-bond acceptors (Lipinski definition) is 6. The van der Waals surface area contributed by atoms with Gasteiger partial charge >= 0.3 is 11.9 Å². The van der Waals surface area contributed by atoms with Gasteiger partial charge in [0.1, 0.15) is 12.3 Å². The minimum absolute atomic E-state index is 0.486. The molecule has 0 aliphatic carbocycles. The number of amides is 1. The SMILES string of the molecule is COC(=O)[C@H](C)NC(=O)[C@@H](N)CC(=O)O.O=Cc1ccccc1. The van der Waals surface area contributed by atoms with Crippen LogP contribution in [0.2, 0.25) is 0 Å². The monoisotopic (exact) mass is 324 g/mol. The Morgan fingerprint density at radius 1 is 1.30 bits per heavy atom. The molecule has 126 valence electrons. The number of methoxy groups -OCH3 is 1. The quantitative estimate of drug-likeness (QED) is 0.493. The van der Waals surface area contributed by atoms with Crippen LogP contribution in [-0.4, -0.2) is 48.4 Å². The first-order valence-corrected chi connectivity index (χ1v) is 6.67. The summed E-state index contributed by atoms with van der Waals surface area (Å²) in [6.07, 6.45) is 0.347. The second-order valence-electron chi connectivity index (χ2n) is 4.49. The first kappa shape index (κ1) is 20.3. The zero-order valence-corrected chi connectivity index (χ0v) is 12.9. The highest BCUT2D eigenvalue weighted by Gasteiger charge is 2.21. The van der Waals surface area contributed by atoms with Gasteiger partial charge in [-0.25, -0.2) is 4.79 Å². The number of carboxylic acids is 1. The lowest BCUT2D eigenvalue weighted by Gasteiger charge is -2.14. The van der Waals surface area contributed by atoms with E-state index in [1.165, 1.54) is 14.0 Å². The minimum atomic E-state index is -1.18. The number of aldehydes is 1. The molecule has 4 N–H and O–H groups in total. The first-order valence-electron chi connectivity index (χ1n) is 6.67. The molecule has 0 aliphatic rings. The van der Waals surface area contributed by atoms with Crippen molar-refractivity contribution in [2.75, 3.05) is 7.11 Å². The molecule has 0 bridgehead atoms. The summed E-state index contributed by atoms with van der Waals surface area (Å²) in [5, 5.41) is 10.6. The van der Waals surface area contributed by atoms with Crippen LogP contribution in [0.3, 0.4) is 0 Å². The standard InChI is InChI=1S/C8H14N2O5.C7H6O/c1-4(8(14)15-2)10-7(13)5(9)3-6(11)12;8-6-7-4-2-1-3-5-7/h4-5H,3,9H2,1-2H3,(H,10,13)(H,11,12);1-6H/t4-,5-;/m0./s1. The van der Waals surface area contributed by atoms with Gasteiger partial charge in [0.05, 0.1) is 19.6 Å². The fraction of sp³-hybridized carbons (Fsp3) is 0.333. The van der Waals surface area contributed by atoms with E-state index >= 15 is 0 Å². The maximum absolute atomic E-state index is 11.2. The number of rotatable bonds is 6. The lowest BCUT2D eigenvalue weighted by Crippen LogP contribution is -2.48. The molecular weight excluding hydrogens is 304 g/mol. The maximum atomic E-state index is 11.2. The van der Waals surface area contributed by atoms with Gasteiger partial charge in [-0.05, 0) is 6.92 Å². The molecule has 0 fully saturated rings. The summed E-state index contributed by atoms with van der Waals surface area (Å²) in [5.41, 5.74) is 5.99. The van der Waals surface area contributed by atoms with Crippen molar-refractivity contribution < 1.29 is 29.0 Å². The Balaban J connectivity index is 0.000000502. The molecule has 0 saturated heterocycles. The number of carbonyl (C=O) groups excluding carboxylic acids is 3. The van der Waals surface area contributed by atoms with Gasteiger partial charge in [-0.15, -0.1) is 0 Å². The van der Waals surface area contributed by atoms with E-state index in [0.717, 1.165) is 11.8 Å². The maximum Gasteiger partial charge on any atom is 0.328 e. The van der Waals surface area contributed by atoms with Crippen molar-refractivity contribution in [2.24, 2.45) is 5.73 Å². The Kier molecular flexibility index (Phi) is 9.61. The highest BCUT2D eigenvalue weighted by Crippen LogP contribution is 1.92. The lowest BCUT2D eigenvalue weighted by atomic mass is 10.2. The molecule has 0 radical (unpaired) electrons. The van der Waals surface area contributed by atoms with Crippen molar-refractivity contribution in [1.82, 2.24) is 5.32 Å². The smallest absolute Gasteiger partial charge is 0.328 e. The molecule has 1 rings (SSSR count). The van der Waals surface area contributed by atoms with Crippen molar-refractivity contribution in [1.29, 1.82) is 0 Å². The number of benzene rings is 1.